The van der Waals surface area contributed by atoms with Crippen LogP contribution in [0.15, 0.2) is 15.1 Å². The Bertz CT molecular complexity index is 872. The van der Waals surface area contributed by atoms with Crippen LogP contribution in [-0.2, 0) is 9.53 Å². The van der Waals surface area contributed by atoms with Crippen LogP contribution >= 0.6 is 23.1 Å². The molecule has 0 unspecified atom stereocenters. The lowest BCUT2D eigenvalue weighted by atomic mass is 10.2. The lowest BCUT2D eigenvalue weighted by Gasteiger charge is -2.03. The van der Waals surface area contributed by atoms with E-state index in [1.807, 2.05) is 5.32 Å². The van der Waals surface area contributed by atoms with Gasteiger partial charge in [-0.2, -0.15) is 0 Å². The molecule has 9 nitrogen and oxygen atoms in total. The Morgan fingerprint density at radius 1 is 1.46 bits per heavy atom. The number of nitrogens with two attached hydrogens (primary N) is 1. The largest absolute Gasteiger partial charge is 0.506 e. The number of imide groups is 1. The van der Waals surface area contributed by atoms with Crippen molar-refractivity contribution >= 4 is 51.2 Å². The number of hydrogen-bond acceptors (Lipinski definition) is 8. The van der Waals surface area contributed by atoms with E-state index < -0.39 is 23.5 Å². The Morgan fingerprint density at radius 3 is 2.79 bits per heavy atom. The summed E-state index contributed by atoms with van der Waals surface area (Å²) in [6, 6.07) is 0.978. The second kappa shape index (κ2) is 7.36. The van der Waals surface area contributed by atoms with Crippen molar-refractivity contribution in [2.24, 2.45) is 5.73 Å². The summed E-state index contributed by atoms with van der Waals surface area (Å²) in [5.41, 5.74) is 4.87. The molecule has 0 aliphatic carbocycles. The van der Waals surface area contributed by atoms with Crippen LogP contribution in [0.5, 0.6) is 5.75 Å². The molecule has 0 aliphatic rings. The van der Waals surface area contributed by atoms with Crippen LogP contribution in [0.3, 0.4) is 0 Å². The predicted octanol–water partition coefficient (Wildman–Crippen LogP) is 0.759. The van der Waals surface area contributed by atoms with Crippen LogP contribution in [0.2, 0.25) is 0 Å². The summed E-state index contributed by atoms with van der Waals surface area (Å²) in [6.07, 6.45) is -0.864. The van der Waals surface area contributed by atoms with Gasteiger partial charge < -0.3 is 20.6 Å². The number of pyridine rings is 1. The van der Waals surface area contributed by atoms with Gasteiger partial charge in [0.2, 0.25) is 5.91 Å². The summed E-state index contributed by atoms with van der Waals surface area (Å²) in [7, 11) is 0. The number of carbonyl (C=O) groups is 3. The third kappa shape index (κ3) is 3.86. The van der Waals surface area contributed by atoms with E-state index in [0.29, 0.717) is 4.21 Å². The van der Waals surface area contributed by atoms with Crippen molar-refractivity contribution in [2.45, 2.75) is 11.1 Å². The molecular formula is C13H13N3O6S2. The number of carbonyl (C=O) groups excluding carboxylic acids is 3. The van der Waals surface area contributed by atoms with Crippen molar-refractivity contribution in [3.63, 3.8) is 0 Å². The molecule has 128 valence electrons. The number of primary amides is 1. The average Bonchev–Trinajstić information content (AvgIpc) is 2.84. The lowest BCUT2D eigenvalue weighted by Crippen LogP contribution is -2.32. The number of aromatic hydroxyl groups is 1. The minimum Gasteiger partial charge on any atom is -0.506 e. The van der Waals surface area contributed by atoms with E-state index in [9.17, 15) is 24.3 Å². The van der Waals surface area contributed by atoms with Gasteiger partial charge in [0.1, 0.15) is 5.75 Å². The van der Waals surface area contributed by atoms with Gasteiger partial charge >= 0.3 is 6.09 Å². The second-order valence-electron chi connectivity index (χ2n) is 4.41. The zero-order chi connectivity index (χ0) is 17.9. The molecule has 11 heteroatoms. The molecule has 2 rings (SSSR count). The molecule has 2 heterocycles. The van der Waals surface area contributed by atoms with E-state index in [1.165, 1.54) is 0 Å². The normalized spacial score (nSPS) is 10.5. The first kappa shape index (κ1) is 17.8. The van der Waals surface area contributed by atoms with Crippen LogP contribution in [0, 0.1) is 0 Å². The Hall–Kier alpha value is -2.53. The third-order valence-electron chi connectivity index (χ3n) is 2.72. The monoisotopic (exact) mass is 371 g/mol. The van der Waals surface area contributed by atoms with Crippen LogP contribution in [0.1, 0.15) is 17.3 Å². The van der Waals surface area contributed by atoms with Gasteiger partial charge in [-0.15, -0.1) is 23.1 Å². The van der Waals surface area contributed by atoms with Gasteiger partial charge in [0.15, 0.2) is 0 Å². The highest BCUT2D eigenvalue weighted by Crippen LogP contribution is 2.39. The van der Waals surface area contributed by atoms with Crippen LogP contribution in [0.25, 0.3) is 10.2 Å². The summed E-state index contributed by atoms with van der Waals surface area (Å²) in [4.78, 5) is 48.4. The molecule has 0 radical (unpaired) electrons. The van der Waals surface area contributed by atoms with Gasteiger partial charge in [-0.05, 0) is 6.92 Å². The Labute approximate surface area is 143 Å². The van der Waals surface area contributed by atoms with Crippen LogP contribution < -0.4 is 16.6 Å². The molecule has 0 atom stereocenters. The number of thiophene rings is 1. The number of hydrogen-bond donors (Lipinski definition) is 4. The Morgan fingerprint density at radius 2 is 2.17 bits per heavy atom. The highest BCUT2D eigenvalue weighted by molar-refractivity contribution is 8.02. The predicted molar refractivity (Wildman–Crippen MR) is 88.5 cm³/mol. The van der Waals surface area contributed by atoms with E-state index in [-0.39, 0.29) is 33.9 Å². The van der Waals surface area contributed by atoms with E-state index in [2.05, 4.69) is 9.72 Å². The average molecular weight is 371 g/mol. The molecule has 24 heavy (non-hydrogen) atoms. The van der Waals surface area contributed by atoms with Crippen LogP contribution in [-0.4, -0.2) is 40.4 Å². The summed E-state index contributed by atoms with van der Waals surface area (Å²) >= 11 is 1.95. The number of thioether (sulfide) groups is 1. The fourth-order valence-electron chi connectivity index (χ4n) is 1.83. The van der Waals surface area contributed by atoms with Crippen molar-refractivity contribution < 1.29 is 24.2 Å². The number of fused-ring (bicyclic) bond motifs is 1. The summed E-state index contributed by atoms with van der Waals surface area (Å²) in [6.45, 7) is 1.73. The second-order valence-corrected chi connectivity index (χ2v) is 6.67. The quantitative estimate of drug-likeness (QED) is 0.566. The Kier molecular flexibility index (Phi) is 5.46. The lowest BCUT2D eigenvalue weighted by molar-refractivity contribution is -0.117. The summed E-state index contributed by atoms with van der Waals surface area (Å²) in [5.74, 6) is -1.90. The van der Waals surface area contributed by atoms with E-state index in [1.54, 1.807) is 6.92 Å². The standard InChI is InChI=1S/C13H13N3O6S2/c1-2-22-13(21)16-7(19)4-23-12-8(11(14)20)9-10(24-12)5(17)3-6(18)15-9/h3H,2,4H2,1H3,(H2,14,20)(H2,15,17,18)(H,16,19,21). The number of nitrogens with one attached hydrogen (secondary N) is 2. The molecule has 0 saturated heterocycles. The highest BCUT2D eigenvalue weighted by Gasteiger charge is 2.21. The number of rotatable bonds is 5. The molecule has 0 bridgehead atoms. The summed E-state index contributed by atoms with van der Waals surface area (Å²) < 4.78 is 5.20. The molecule has 0 aliphatic heterocycles. The van der Waals surface area contributed by atoms with Gasteiger partial charge in [-0.1, -0.05) is 0 Å². The van der Waals surface area contributed by atoms with Crippen molar-refractivity contribution in [1.29, 1.82) is 0 Å². The van der Waals surface area contributed by atoms with E-state index in [4.69, 9.17) is 5.73 Å². The molecule has 3 amide bonds. The zero-order valence-electron chi connectivity index (χ0n) is 12.4. The minimum atomic E-state index is -0.864. The molecule has 5 N–H and O–H groups in total. The molecule has 0 spiro atoms. The maximum Gasteiger partial charge on any atom is 0.413 e. The molecular weight excluding hydrogens is 358 g/mol. The molecule has 0 aromatic carbocycles. The summed E-state index contributed by atoms with van der Waals surface area (Å²) in [5, 5.41) is 11.8. The molecule has 2 aromatic heterocycles. The van der Waals surface area contributed by atoms with Gasteiger partial charge in [0, 0.05) is 6.07 Å². The fraction of sp³-hybridized carbons (Fsp3) is 0.231. The molecule has 2 aromatic rings. The Balaban J connectivity index is 2.26. The SMILES string of the molecule is CCOC(=O)NC(=O)CSc1sc2c(O)cc(=O)[nH]c2c1C(N)=O. The number of alkyl carbamates (subject to hydrolysis) is 1. The smallest absolute Gasteiger partial charge is 0.413 e. The topological polar surface area (TPSA) is 152 Å². The van der Waals surface area contributed by atoms with Crippen molar-refractivity contribution in [2.75, 3.05) is 12.4 Å². The third-order valence-corrected chi connectivity index (χ3v) is 5.21. The van der Waals surface area contributed by atoms with Crippen LogP contribution in [0.4, 0.5) is 4.79 Å². The first-order valence-electron chi connectivity index (χ1n) is 6.61. The maximum absolute atomic E-state index is 11.7. The van der Waals surface area contributed by atoms with E-state index in [0.717, 1.165) is 29.2 Å². The number of amides is 3. The van der Waals surface area contributed by atoms with Crippen molar-refractivity contribution in [1.82, 2.24) is 10.3 Å². The van der Waals surface area contributed by atoms with Gasteiger partial charge in [-0.25, -0.2) is 4.79 Å². The number of aromatic amines is 1. The van der Waals surface area contributed by atoms with Gasteiger partial charge in [0.25, 0.3) is 11.5 Å². The zero-order valence-corrected chi connectivity index (χ0v) is 14.0. The number of aromatic nitrogens is 1. The maximum atomic E-state index is 11.7. The van der Waals surface area contributed by atoms with Gasteiger partial charge in [0.05, 0.1) is 32.3 Å². The van der Waals surface area contributed by atoms with Gasteiger partial charge in [-0.3, -0.25) is 19.7 Å². The fourth-order valence-corrected chi connectivity index (χ4v) is 4.09. The van der Waals surface area contributed by atoms with Crippen molar-refractivity contribution in [3.8, 4) is 5.75 Å². The minimum absolute atomic E-state index is 0.0111. The van der Waals surface area contributed by atoms with E-state index >= 15 is 0 Å². The first-order chi connectivity index (χ1) is 11.3. The highest BCUT2D eigenvalue weighted by atomic mass is 32.2. The number of ether oxygens (including phenoxy) is 1. The van der Waals surface area contributed by atoms with Crippen molar-refractivity contribution in [3.05, 3.63) is 22.0 Å². The number of H-pyrrole nitrogens is 1. The first-order valence-corrected chi connectivity index (χ1v) is 8.41. The molecule has 0 saturated carbocycles. The molecule has 0 fully saturated rings.